The summed E-state index contributed by atoms with van der Waals surface area (Å²) < 4.78 is 43.5. The Morgan fingerprint density at radius 1 is 1.08 bits per heavy atom. The van der Waals surface area contributed by atoms with Gasteiger partial charge >= 0.3 is 6.09 Å². The number of ether oxygens (including phenoxy) is 3. The van der Waals surface area contributed by atoms with Crippen molar-refractivity contribution < 1.29 is 32.2 Å². The molecule has 0 unspecified atom stereocenters. The van der Waals surface area contributed by atoms with Gasteiger partial charge in [-0.25, -0.2) is 17.9 Å². The van der Waals surface area contributed by atoms with Crippen LogP contribution in [0.15, 0.2) is 60.2 Å². The van der Waals surface area contributed by atoms with Gasteiger partial charge in [0.1, 0.15) is 12.4 Å². The molecule has 3 heterocycles. The van der Waals surface area contributed by atoms with Gasteiger partial charge in [0.25, 0.3) is 5.91 Å². The van der Waals surface area contributed by atoms with Gasteiger partial charge in [-0.1, -0.05) is 42.5 Å². The summed E-state index contributed by atoms with van der Waals surface area (Å²) in [6.45, 7) is 0.0690. The molecule has 39 heavy (non-hydrogen) atoms. The maximum absolute atomic E-state index is 13.1. The molecule has 204 valence electrons. The SMILES string of the molecule is COc1ccc(Cn2nnnc2C2=C(COC(=O)NCc3ccccc3)CS(=O)(=O)[C@H]3[C@@H](OC)C(=O)N23)cc1. The average molecular weight is 555 g/mol. The Bertz CT molecular complexity index is 1510. The summed E-state index contributed by atoms with van der Waals surface area (Å²) in [4.78, 5) is 26.5. The molecular formula is C25H26N6O7S. The molecule has 1 aromatic heterocycles. The lowest BCUT2D eigenvalue weighted by atomic mass is 10.0. The van der Waals surface area contributed by atoms with Gasteiger partial charge in [0.15, 0.2) is 27.1 Å². The number of aromatic nitrogens is 4. The number of benzene rings is 2. The monoisotopic (exact) mass is 554 g/mol. The highest BCUT2D eigenvalue weighted by Gasteiger charge is 2.60. The van der Waals surface area contributed by atoms with Crippen LogP contribution in [0.5, 0.6) is 5.75 Å². The van der Waals surface area contributed by atoms with Crippen LogP contribution in [0.2, 0.25) is 0 Å². The van der Waals surface area contributed by atoms with Crippen molar-refractivity contribution in [2.45, 2.75) is 24.6 Å². The predicted octanol–water partition coefficient (Wildman–Crippen LogP) is 0.979. The maximum atomic E-state index is 13.1. The van der Waals surface area contributed by atoms with Crippen molar-refractivity contribution in [3.63, 3.8) is 0 Å². The standard InChI is InChI=1S/C25H26N6O7S/c1-36-19-10-8-17(9-11-19)13-30-22(27-28-29-30)20-18(14-38-25(33)26-12-16-6-4-3-5-7-16)15-39(34,35)24-21(37-2)23(32)31(20)24/h3-11,21,24H,12-15H2,1-2H3,(H,26,33)/t21-,24-/m0/s1. The second-order valence-electron chi connectivity index (χ2n) is 8.94. The molecule has 0 radical (unpaired) electrons. The van der Waals surface area contributed by atoms with E-state index in [0.29, 0.717) is 5.75 Å². The average Bonchev–Trinajstić information content (AvgIpc) is 3.39. The maximum Gasteiger partial charge on any atom is 0.407 e. The third-order valence-electron chi connectivity index (χ3n) is 6.46. The van der Waals surface area contributed by atoms with E-state index >= 15 is 0 Å². The smallest absolute Gasteiger partial charge is 0.407 e. The highest BCUT2D eigenvalue weighted by molar-refractivity contribution is 7.92. The fraction of sp³-hybridized carbons (Fsp3) is 0.320. The highest BCUT2D eigenvalue weighted by Crippen LogP contribution is 2.41. The number of hydrogen-bond donors (Lipinski definition) is 1. The molecule has 14 heteroatoms. The van der Waals surface area contributed by atoms with E-state index in [9.17, 15) is 18.0 Å². The predicted molar refractivity (Wildman–Crippen MR) is 137 cm³/mol. The minimum Gasteiger partial charge on any atom is -0.497 e. The molecule has 1 N–H and O–H groups in total. The third kappa shape index (κ3) is 5.20. The van der Waals surface area contributed by atoms with Gasteiger partial charge in [0.2, 0.25) is 0 Å². The van der Waals surface area contributed by atoms with Crippen molar-refractivity contribution in [1.29, 1.82) is 0 Å². The third-order valence-corrected chi connectivity index (χ3v) is 8.40. The van der Waals surface area contributed by atoms with Crippen molar-refractivity contribution in [2.24, 2.45) is 0 Å². The van der Waals surface area contributed by atoms with Gasteiger partial charge in [-0.15, -0.1) is 5.10 Å². The Morgan fingerprint density at radius 2 is 1.82 bits per heavy atom. The van der Waals surface area contributed by atoms with Crippen LogP contribution in [0.25, 0.3) is 5.70 Å². The molecule has 2 atom stereocenters. The lowest BCUT2D eigenvalue weighted by molar-refractivity contribution is -0.156. The van der Waals surface area contributed by atoms with Gasteiger partial charge in [-0.05, 0) is 33.7 Å². The molecular weight excluding hydrogens is 528 g/mol. The van der Waals surface area contributed by atoms with Crippen molar-refractivity contribution in [3.05, 3.63) is 77.1 Å². The number of methoxy groups -OCH3 is 2. The molecule has 1 fully saturated rings. The Hall–Kier alpha value is -4.30. The minimum atomic E-state index is -3.86. The van der Waals surface area contributed by atoms with Crippen LogP contribution in [-0.4, -0.2) is 83.6 Å². The Kier molecular flexibility index (Phi) is 7.30. The summed E-state index contributed by atoms with van der Waals surface area (Å²) in [5, 5.41) is 13.3. The van der Waals surface area contributed by atoms with Crippen molar-refractivity contribution >= 4 is 27.5 Å². The van der Waals surface area contributed by atoms with Crippen LogP contribution in [0.1, 0.15) is 17.0 Å². The Labute approximate surface area is 224 Å². The summed E-state index contributed by atoms with van der Waals surface area (Å²) >= 11 is 0. The first-order chi connectivity index (χ1) is 18.8. The first kappa shape index (κ1) is 26.3. The van der Waals surface area contributed by atoms with Gasteiger partial charge < -0.3 is 19.5 Å². The molecule has 2 aromatic carbocycles. The number of nitrogens with one attached hydrogen (secondary N) is 1. The fourth-order valence-corrected chi connectivity index (χ4v) is 6.55. The van der Waals surface area contributed by atoms with Crippen LogP contribution in [-0.2, 0) is 37.2 Å². The van der Waals surface area contributed by atoms with Gasteiger partial charge in [0, 0.05) is 19.2 Å². The number of tetrazole rings is 1. The van der Waals surface area contributed by atoms with Crippen molar-refractivity contribution in [1.82, 2.24) is 30.4 Å². The molecule has 3 aromatic rings. The second-order valence-corrected chi connectivity index (χ2v) is 11.0. The number of nitrogens with zero attached hydrogens (tertiary/aromatic N) is 5. The van der Waals surface area contributed by atoms with E-state index in [2.05, 4.69) is 20.8 Å². The number of rotatable bonds is 9. The lowest BCUT2D eigenvalue weighted by Gasteiger charge is -2.48. The quantitative estimate of drug-likeness (QED) is 0.379. The number of carbonyl (C=O) groups is 2. The van der Waals surface area contributed by atoms with Crippen LogP contribution < -0.4 is 10.1 Å². The van der Waals surface area contributed by atoms with E-state index < -0.39 is 45.7 Å². The van der Waals surface area contributed by atoms with E-state index in [1.807, 2.05) is 42.5 Å². The first-order valence-electron chi connectivity index (χ1n) is 12.0. The summed E-state index contributed by atoms with van der Waals surface area (Å²) in [7, 11) is -1.01. The first-order valence-corrected chi connectivity index (χ1v) is 13.7. The molecule has 13 nitrogen and oxygen atoms in total. The van der Waals surface area contributed by atoms with Crippen molar-refractivity contribution in [2.75, 3.05) is 26.6 Å². The van der Waals surface area contributed by atoms with E-state index in [-0.39, 0.29) is 30.2 Å². The number of carbonyl (C=O) groups excluding carboxylic acids is 2. The van der Waals surface area contributed by atoms with Crippen molar-refractivity contribution in [3.8, 4) is 5.75 Å². The molecule has 0 aliphatic carbocycles. The molecule has 0 saturated carbocycles. The number of fused-ring (bicyclic) bond motifs is 1. The van der Waals surface area contributed by atoms with E-state index in [1.54, 1.807) is 19.2 Å². The number of sulfone groups is 1. The van der Waals surface area contributed by atoms with Gasteiger partial charge in [-0.3, -0.25) is 9.69 Å². The topological polar surface area (TPSA) is 155 Å². The fourth-order valence-electron chi connectivity index (χ4n) is 4.54. The minimum absolute atomic E-state index is 0.164. The number of alkyl carbamates (subject to hydrolysis) is 1. The Morgan fingerprint density at radius 3 is 2.51 bits per heavy atom. The van der Waals surface area contributed by atoms with Gasteiger partial charge in [-0.2, -0.15) is 0 Å². The molecule has 2 amide bonds. The van der Waals surface area contributed by atoms with Crippen LogP contribution in [0, 0.1) is 0 Å². The molecule has 1 saturated heterocycles. The van der Waals surface area contributed by atoms with Crippen LogP contribution in [0.4, 0.5) is 4.79 Å². The highest BCUT2D eigenvalue weighted by atomic mass is 32.2. The number of hydrogen-bond acceptors (Lipinski definition) is 10. The molecule has 5 rings (SSSR count). The molecule has 0 bridgehead atoms. The van der Waals surface area contributed by atoms with Crippen LogP contribution >= 0.6 is 0 Å². The summed E-state index contributed by atoms with van der Waals surface area (Å²) in [5.41, 5.74) is 2.07. The summed E-state index contributed by atoms with van der Waals surface area (Å²) in [6, 6.07) is 16.5. The zero-order chi connectivity index (χ0) is 27.6. The van der Waals surface area contributed by atoms with Gasteiger partial charge in [0.05, 0.1) is 25.1 Å². The van der Waals surface area contributed by atoms with Crippen LogP contribution in [0.3, 0.4) is 0 Å². The Balaban J connectivity index is 1.44. The zero-order valence-electron chi connectivity index (χ0n) is 21.2. The molecule has 0 spiro atoms. The lowest BCUT2D eigenvalue weighted by Crippen LogP contribution is -2.69. The normalized spacial score (nSPS) is 19.7. The molecule has 2 aliphatic rings. The molecule has 2 aliphatic heterocycles. The summed E-state index contributed by atoms with van der Waals surface area (Å²) in [6.07, 6.45) is -1.89. The zero-order valence-corrected chi connectivity index (χ0v) is 22.0. The number of β-lactam (4-membered cyclic amide) rings is 1. The second kappa shape index (κ2) is 10.8. The van der Waals surface area contributed by atoms with E-state index in [1.165, 1.54) is 11.8 Å². The largest absolute Gasteiger partial charge is 0.497 e. The van der Waals surface area contributed by atoms with E-state index in [4.69, 9.17) is 14.2 Å². The summed E-state index contributed by atoms with van der Waals surface area (Å²) in [5.74, 6) is -0.166. The number of amides is 2. The van der Waals surface area contributed by atoms with E-state index in [0.717, 1.165) is 16.0 Å².